The Bertz CT molecular complexity index is 671. The number of nitrogens with one attached hydrogen (secondary N) is 2. The van der Waals surface area contributed by atoms with Gasteiger partial charge in [0.05, 0.1) is 20.8 Å². The first-order valence-corrected chi connectivity index (χ1v) is 8.39. The van der Waals surface area contributed by atoms with Gasteiger partial charge in [0.1, 0.15) is 5.75 Å². The highest BCUT2D eigenvalue weighted by Gasteiger charge is 2.00. The largest absolute Gasteiger partial charge is 0.497 e. The van der Waals surface area contributed by atoms with Crippen molar-refractivity contribution >= 4 is 5.96 Å². The van der Waals surface area contributed by atoms with Crippen LogP contribution in [0.5, 0.6) is 11.6 Å². The lowest BCUT2D eigenvalue weighted by atomic mass is 10.1. The minimum atomic E-state index is 0.566. The van der Waals surface area contributed by atoms with Gasteiger partial charge in [-0.3, -0.25) is 0 Å². The van der Waals surface area contributed by atoms with Crippen LogP contribution in [-0.2, 0) is 13.0 Å². The SMILES string of the molecule is CCNC(=NCc1ccnc(OC)c1)NCCc1ccc(OC)cc1. The minimum absolute atomic E-state index is 0.566. The first kappa shape index (κ1) is 18.6. The molecule has 0 aliphatic carbocycles. The number of aliphatic imine (C=N–C) groups is 1. The van der Waals surface area contributed by atoms with Gasteiger partial charge in [-0.2, -0.15) is 0 Å². The second kappa shape index (κ2) is 10.2. The van der Waals surface area contributed by atoms with Gasteiger partial charge in [0.25, 0.3) is 0 Å². The maximum absolute atomic E-state index is 5.18. The summed E-state index contributed by atoms with van der Waals surface area (Å²) in [6.07, 6.45) is 2.64. The van der Waals surface area contributed by atoms with E-state index in [1.54, 1.807) is 20.4 Å². The van der Waals surface area contributed by atoms with Crippen LogP contribution in [-0.4, -0.2) is 38.3 Å². The van der Waals surface area contributed by atoms with Crippen molar-refractivity contribution < 1.29 is 9.47 Å². The van der Waals surface area contributed by atoms with E-state index in [2.05, 4.69) is 39.7 Å². The molecule has 1 heterocycles. The fraction of sp³-hybridized carbons (Fsp3) is 0.368. The Morgan fingerprint density at radius 1 is 1.04 bits per heavy atom. The van der Waals surface area contributed by atoms with Gasteiger partial charge >= 0.3 is 0 Å². The van der Waals surface area contributed by atoms with E-state index in [0.29, 0.717) is 12.4 Å². The van der Waals surface area contributed by atoms with Crippen molar-refractivity contribution in [2.75, 3.05) is 27.3 Å². The molecule has 0 amide bonds. The topological polar surface area (TPSA) is 67.8 Å². The summed E-state index contributed by atoms with van der Waals surface area (Å²) < 4.78 is 10.3. The van der Waals surface area contributed by atoms with E-state index in [9.17, 15) is 0 Å². The lowest BCUT2D eigenvalue weighted by Gasteiger charge is -2.11. The van der Waals surface area contributed by atoms with Crippen molar-refractivity contribution in [3.63, 3.8) is 0 Å². The fourth-order valence-electron chi connectivity index (χ4n) is 2.29. The van der Waals surface area contributed by atoms with E-state index in [4.69, 9.17) is 9.47 Å². The third-order valence-electron chi connectivity index (χ3n) is 3.64. The summed E-state index contributed by atoms with van der Waals surface area (Å²) in [4.78, 5) is 8.71. The molecule has 0 saturated carbocycles. The lowest BCUT2D eigenvalue weighted by Crippen LogP contribution is -2.38. The molecule has 1 aromatic carbocycles. The molecule has 6 heteroatoms. The van der Waals surface area contributed by atoms with Crippen LogP contribution in [0.25, 0.3) is 0 Å². The summed E-state index contributed by atoms with van der Waals surface area (Å²) in [7, 11) is 3.29. The van der Waals surface area contributed by atoms with Crippen molar-refractivity contribution in [2.24, 2.45) is 4.99 Å². The number of methoxy groups -OCH3 is 2. The molecule has 25 heavy (non-hydrogen) atoms. The average Bonchev–Trinajstić information content (AvgIpc) is 2.66. The molecule has 6 nitrogen and oxygen atoms in total. The standard InChI is InChI=1S/C19H26N4O2/c1-4-20-19(23-14-16-10-11-21-18(13-16)25-3)22-12-9-15-5-7-17(24-2)8-6-15/h5-8,10-11,13H,4,9,12,14H2,1-3H3,(H2,20,22,23). The number of rotatable bonds is 8. The number of hydrogen-bond donors (Lipinski definition) is 2. The Morgan fingerprint density at radius 2 is 1.84 bits per heavy atom. The van der Waals surface area contributed by atoms with Crippen molar-refractivity contribution in [3.05, 3.63) is 53.7 Å². The molecule has 0 spiro atoms. The van der Waals surface area contributed by atoms with Crippen molar-refractivity contribution in [1.82, 2.24) is 15.6 Å². The molecule has 0 aliphatic rings. The molecule has 0 fully saturated rings. The van der Waals surface area contributed by atoms with Gasteiger partial charge in [-0.25, -0.2) is 9.98 Å². The van der Waals surface area contributed by atoms with Gasteiger partial charge in [0.15, 0.2) is 5.96 Å². The van der Waals surface area contributed by atoms with E-state index in [0.717, 1.165) is 36.8 Å². The highest BCUT2D eigenvalue weighted by atomic mass is 16.5. The summed E-state index contributed by atoms with van der Waals surface area (Å²) >= 11 is 0. The molecule has 0 saturated heterocycles. The van der Waals surface area contributed by atoms with Gasteiger partial charge in [0, 0.05) is 25.4 Å². The predicted molar refractivity (Wildman–Crippen MR) is 100 cm³/mol. The second-order valence-corrected chi connectivity index (χ2v) is 5.43. The molecule has 0 bridgehead atoms. The summed E-state index contributed by atoms with van der Waals surface area (Å²) in [5.74, 6) is 2.27. The third kappa shape index (κ3) is 6.33. The Labute approximate surface area is 149 Å². The first-order valence-electron chi connectivity index (χ1n) is 8.39. The van der Waals surface area contributed by atoms with Gasteiger partial charge in [-0.15, -0.1) is 0 Å². The van der Waals surface area contributed by atoms with Crippen LogP contribution >= 0.6 is 0 Å². The molecule has 2 rings (SSSR count). The third-order valence-corrected chi connectivity index (χ3v) is 3.64. The summed E-state index contributed by atoms with van der Waals surface area (Å²) in [6.45, 7) is 4.23. The fourth-order valence-corrected chi connectivity index (χ4v) is 2.29. The van der Waals surface area contributed by atoms with Crippen LogP contribution < -0.4 is 20.1 Å². The maximum atomic E-state index is 5.18. The van der Waals surface area contributed by atoms with Crippen LogP contribution in [0, 0.1) is 0 Å². The van der Waals surface area contributed by atoms with E-state index in [1.807, 2.05) is 24.3 Å². The highest BCUT2D eigenvalue weighted by molar-refractivity contribution is 5.79. The smallest absolute Gasteiger partial charge is 0.213 e. The number of aromatic nitrogens is 1. The molecule has 134 valence electrons. The van der Waals surface area contributed by atoms with Gasteiger partial charge in [-0.1, -0.05) is 12.1 Å². The molecule has 0 atom stereocenters. The van der Waals surface area contributed by atoms with Crippen molar-refractivity contribution in [1.29, 1.82) is 0 Å². The number of guanidine groups is 1. The summed E-state index contributed by atoms with van der Waals surface area (Å²) in [6, 6.07) is 11.9. The Balaban J connectivity index is 1.88. The van der Waals surface area contributed by atoms with E-state index in [1.165, 1.54) is 5.56 Å². The van der Waals surface area contributed by atoms with E-state index < -0.39 is 0 Å². The van der Waals surface area contributed by atoms with Gasteiger partial charge in [0.2, 0.25) is 5.88 Å². The van der Waals surface area contributed by atoms with Crippen LogP contribution in [0.1, 0.15) is 18.1 Å². The summed E-state index contributed by atoms with van der Waals surface area (Å²) in [5, 5.41) is 6.62. The Kier molecular flexibility index (Phi) is 7.56. The zero-order chi connectivity index (χ0) is 17.9. The van der Waals surface area contributed by atoms with Crippen molar-refractivity contribution in [2.45, 2.75) is 19.9 Å². The summed E-state index contributed by atoms with van der Waals surface area (Å²) in [5.41, 5.74) is 2.31. The monoisotopic (exact) mass is 342 g/mol. The van der Waals surface area contributed by atoms with Gasteiger partial charge < -0.3 is 20.1 Å². The molecule has 0 radical (unpaired) electrons. The molecular formula is C19H26N4O2. The minimum Gasteiger partial charge on any atom is -0.497 e. The quantitative estimate of drug-likeness (QED) is 0.569. The zero-order valence-electron chi connectivity index (χ0n) is 15.1. The molecular weight excluding hydrogens is 316 g/mol. The van der Waals surface area contributed by atoms with Crippen LogP contribution in [0.4, 0.5) is 0 Å². The Hall–Kier alpha value is -2.76. The van der Waals surface area contributed by atoms with Crippen LogP contribution in [0.15, 0.2) is 47.6 Å². The second-order valence-electron chi connectivity index (χ2n) is 5.43. The van der Waals surface area contributed by atoms with E-state index >= 15 is 0 Å². The van der Waals surface area contributed by atoms with Crippen LogP contribution in [0.3, 0.4) is 0 Å². The number of pyridine rings is 1. The molecule has 1 aromatic heterocycles. The maximum Gasteiger partial charge on any atom is 0.213 e. The predicted octanol–water partition coefficient (Wildman–Crippen LogP) is 2.40. The molecule has 0 unspecified atom stereocenters. The number of benzene rings is 1. The normalized spacial score (nSPS) is 11.1. The molecule has 0 aliphatic heterocycles. The molecule has 2 N–H and O–H groups in total. The highest BCUT2D eigenvalue weighted by Crippen LogP contribution is 2.11. The Morgan fingerprint density at radius 3 is 2.52 bits per heavy atom. The van der Waals surface area contributed by atoms with Crippen LogP contribution in [0.2, 0.25) is 0 Å². The van der Waals surface area contributed by atoms with E-state index in [-0.39, 0.29) is 0 Å². The zero-order valence-corrected chi connectivity index (χ0v) is 15.1. The van der Waals surface area contributed by atoms with Gasteiger partial charge in [-0.05, 0) is 42.7 Å². The number of ether oxygens (including phenoxy) is 2. The lowest BCUT2D eigenvalue weighted by molar-refractivity contribution is 0.397. The van der Waals surface area contributed by atoms with Crippen molar-refractivity contribution in [3.8, 4) is 11.6 Å². The number of hydrogen-bond acceptors (Lipinski definition) is 4. The number of nitrogens with zero attached hydrogens (tertiary/aromatic N) is 2. The average molecular weight is 342 g/mol. The first-order chi connectivity index (χ1) is 12.2. The molecule has 2 aromatic rings.